The topological polar surface area (TPSA) is 29.0 Å². The summed E-state index contributed by atoms with van der Waals surface area (Å²) in [6.07, 6.45) is 5.45. The van der Waals surface area contributed by atoms with Crippen molar-refractivity contribution < 1.29 is 0 Å². The molecule has 17 heavy (non-hydrogen) atoms. The first kappa shape index (κ1) is 12.0. The first-order valence-corrected chi connectivity index (χ1v) is 6.18. The van der Waals surface area contributed by atoms with E-state index in [-0.39, 0.29) is 0 Å². The van der Waals surface area contributed by atoms with Gasteiger partial charge in [-0.15, -0.1) is 0 Å². The SMILES string of the molecule is Cc1cc(Br)cnc1N(C)Cc1ccncc1. The number of anilines is 1. The summed E-state index contributed by atoms with van der Waals surface area (Å²) in [5.41, 5.74) is 2.39. The van der Waals surface area contributed by atoms with Gasteiger partial charge in [0.05, 0.1) is 0 Å². The number of aromatic nitrogens is 2. The Hall–Kier alpha value is -1.42. The van der Waals surface area contributed by atoms with E-state index in [2.05, 4.69) is 43.8 Å². The van der Waals surface area contributed by atoms with Gasteiger partial charge in [0.25, 0.3) is 0 Å². The second-order valence-corrected chi connectivity index (χ2v) is 4.92. The van der Waals surface area contributed by atoms with Crippen molar-refractivity contribution in [3.05, 3.63) is 52.4 Å². The molecule has 0 amide bonds. The Balaban J connectivity index is 2.17. The van der Waals surface area contributed by atoms with Crippen molar-refractivity contribution in [2.24, 2.45) is 0 Å². The number of halogens is 1. The van der Waals surface area contributed by atoms with E-state index < -0.39 is 0 Å². The van der Waals surface area contributed by atoms with E-state index >= 15 is 0 Å². The van der Waals surface area contributed by atoms with E-state index in [4.69, 9.17) is 0 Å². The molecule has 2 rings (SSSR count). The maximum Gasteiger partial charge on any atom is 0.131 e. The molecule has 2 aromatic heterocycles. The van der Waals surface area contributed by atoms with Crippen LogP contribution in [0.2, 0.25) is 0 Å². The van der Waals surface area contributed by atoms with Gasteiger partial charge in [-0.1, -0.05) is 0 Å². The highest BCUT2D eigenvalue weighted by molar-refractivity contribution is 9.10. The molecule has 0 unspecified atom stereocenters. The van der Waals surface area contributed by atoms with Gasteiger partial charge in [-0.3, -0.25) is 4.98 Å². The maximum absolute atomic E-state index is 4.44. The average Bonchev–Trinajstić information content (AvgIpc) is 2.30. The van der Waals surface area contributed by atoms with E-state index in [0.717, 1.165) is 22.4 Å². The largest absolute Gasteiger partial charge is 0.355 e. The van der Waals surface area contributed by atoms with Crippen molar-refractivity contribution in [2.75, 3.05) is 11.9 Å². The Morgan fingerprint density at radius 1 is 1.29 bits per heavy atom. The van der Waals surface area contributed by atoms with Crippen LogP contribution in [-0.4, -0.2) is 17.0 Å². The summed E-state index contributed by atoms with van der Waals surface area (Å²) >= 11 is 3.42. The van der Waals surface area contributed by atoms with Gasteiger partial charge in [0.2, 0.25) is 0 Å². The zero-order valence-electron chi connectivity index (χ0n) is 9.89. The predicted octanol–water partition coefficient (Wildman–Crippen LogP) is 3.18. The fraction of sp³-hybridized carbons (Fsp3) is 0.231. The third-order valence-electron chi connectivity index (χ3n) is 2.55. The highest BCUT2D eigenvalue weighted by atomic mass is 79.9. The summed E-state index contributed by atoms with van der Waals surface area (Å²) in [7, 11) is 2.05. The number of nitrogens with zero attached hydrogens (tertiary/aromatic N) is 3. The molecule has 2 aromatic rings. The highest BCUT2D eigenvalue weighted by Crippen LogP contribution is 2.20. The number of aryl methyl sites for hydroxylation is 1. The monoisotopic (exact) mass is 291 g/mol. The van der Waals surface area contributed by atoms with Crippen molar-refractivity contribution >= 4 is 21.7 Å². The van der Waals surface area contributed by atoms with Crippen LogP contribution in [0.25, 0.3) is 0 Å². The summed E-state index contributed by atoms with van der Waals surface area (Å²) in [6, 6.07) is 6.11. The molecule has 3 nitrogen and oxygen atoms in total. The Labute approximate surface area is 110 Å². The van der Waals surface area contributed by atoms with E-state index in [9.17, 15) is 0 Å². The molecular weight excluding hydrogens is 278 g/mol. The van der Waals surface area contributed by atoms with E-state index in [1.807, 2.05) is 37.8 Å². The molecule has 2 heterocycles. The number of hydrogen-bond donors (Lipinski definition) is 0. The maximum atomic E-state index is 4.44. The van der Waals surface area contributed by atoms with Gasteiger partial charge in [-0.25, -0.2) is 4.98 Å². The van der Waals surface area contributed by atoms with Crippen molar-refractivity contribution in [2.45, 2.75) is 13.5 Å². The normalized spacial score (nSPS) is 10.3. The minimum atomic E-state index is 0.831. The molecule has 0 bridgehead atoms. The Kier molecular flexibility index (Phi) is 3.74. The lowest BCUT2D eigenvalue weighted by molar-refractivity contribution is 0.887. The van der Waals surface area contributed by atoms with Gasteiger partial charge in [-0.2, -0.15) is 0 Å². The number of pyridine rings is 2. The third-order valence-corrected chi connectivity index (χ3v) is 2.98. The molecule has 0 atom stereocenters. The third kappa shape index (κ3) is 3.03. The molecule has 0 N–H and O–H groups in total. The van der Waals surface area contributed by atoms with Crippen LogP contribution in [0.5, 0.6) is 0 Å². The summed E-state index contributed by atoms with van der Waals surface area (Å²) in [5, 5.41) is 0. The highest BCUT2D eigenvalue weighted by Gasteiger charge is 2.07. The van der Waals surface area contributed by atoms with Crippen LogP contribution in [0, 0.1) is 6.92 Å². The molecule has 0 spiro atoms. The van der Waals surface area contributed by atoms with Crippen LogP contribution >= 0.6 is 15.9 Å². The zero-order valence-corrected chi connectivity index (χ0v) is 11.5. The van der Waals surface area contributed by atoms with E-state index in [0.29, 0.717) is 0 Å². The molecule has 0 aromatic carbocycles. The molecule has 0 aliphatic carbocycles. The van der Waals surface area contributed by atoms with Crippen LogP contribution in [0.1, 0.15) is 11.1 Å². The van der Waals surface area contributed by atoms with Crippen molar-refractivity contribution in [1.82, 2.24) is 9.97 Å². The molecule has 0 aliphatic heterocycles. The van der Waals surface area contributed by atoms with Gasteiger partial charge in [-0.05, 0) is 52.2 Å². The molecule has 4 heteroatoms. The number of hydrogen-bond acceptors (Lipinski definition) is 3. The second-order valence-electron chi connectivity index (χ2n) is 4.01. The van der Waals surface area contributed by atoms with E-state index in [1.54, 1.807) is 0 Å². The average molecular weight is 292 g/mol. The molecule has 0 saturated carbocycles. The van der Waals surface area contributed by atoms with Crippen LogP contribution in [-0.2, 0) is 6.54 Å². The fourth-order valence-electron chi connectivity index (χ4n) is 1.77. The lowest BCUT2D eigenvalue weighted by atomic mass is 10.2. The fourth-order valence-corrected chi connectivity index (χ4v) is 2.22. The molecule has 0 fully saturated rings. The van der Waals surface area contributed by atoms with Crippen LogP contribution < -0.4 is 4.90 Å². The molecule has 0 saturated heterocycles. The van der Waals surface area contributed by atoms with Gasteiger partial charge < -0.3 is 4.90 Å². The van der Waals surface area contributed by atoms with Crippen molar-refractivity contribution in [3.63, 3.8) is 0 Å². The summed E-state index contributed by atoms with van der Waals surface area (Å²) in [5.74, 6) is 1.00. The number of rotatable bonds is 3. The molecule has 0 aliphatic rings. The summed E-state index contributed by atoms with van der Waals surface area (Å²) in [6.45, 7) is 2.90. The Bertz CT molecular complexity index is 499. The van der Waals surface area contributed by atoms with E-state index in [1.165, 1.54) is 5.56 Å². The molecular formula is C13H14BrN3. The predicted molar refractivity (Wildman–Crippen MR) is 73.0 cm³/mol. The van der Waals surface area contributed by atoms with Crippen LogP contribution in [0.15, 0.2) is 41.3 Å². The zero-order chi connectivity index (χ0) is 12.3. The quantitative estimate of drug-likeness (QED) is 0.870. The van der Waals surface area contributed by atoms with Crippen molar-refractivity contribution in [3.8, 4) is 0 Å². The second kappa shape index (κ2) is 5.27. The Morgan fingerprint density at radius 2 is 2.00 bits per heavy atom. The molecule has 88 valence electrons. The first-order chi connectivity index (χ1) is 8.16. The van der Waals surface area contributed by atoms with Gasteiger partial charge in [0, 0.05) is 36.7 Å². The minimum absolute atomic E-state index is 0.831. The Morgan fingerprint density at radius 3 is 2.65 bits per heavy atom. The molecule has 0 radical (unpaired) electrons. The van der Waals surface area contributed by atoms with Crippen molar-refractivity contribution in [1.29, 1.82) is 0 Å². The standard InChI is InChI=1S/C13H14BrN3/c1-10-7-12(14)8-16-13(10)17(2)9-11-3-5-15-6-4-11/h3-8H,9H2,1-2H3. The lowest BCUT2D eigenvalue weighted by Gasteiger charge is -2.20. The summed E-state index contributed by atoms with van der Waals surface area (Å²) in [4.78, 5) is 10.6. The van der Waals surface area contributed by atoms with Gasteiger partial charge in [0.15, 0.2) is 0 Å². The first-order valence-electron chi connectivity index (χ1n) is 5.39. The smallest absolute Gasteiger partial charge is 0.131 e. The lowest BCUT2D eigenvalue weighted by Crippen LogP contribution is -2.18. The van der Waals surface area contributed by atoms with Gasteiger partial charge >= 0.3 is 0 Å². The van der Waals surface area contributed by atoms with Crippen LogP contribution in [0.4, 0.5) is 5.82 Å². The van der Waals surface area contributed by atoms with Crippen LogP contribution in [0.3, 0.4) is 0 Å². The summed E-state index contributed by atoms with van der Waals surface area (Å²) < 4.78 is 1.01. The minimum Gasteiger partial charge on any atom is -0.355 e. The van der Waals surface area contributed by atoms with Gasteiger partial charge in [0.1, 0.15) is 5.82 Å².